The van der Waals surface area contributed by atoms with Crippen LogP contribution >= 0.6 is 0 Å². The number of carbonyl (C=O) groups is 1. The first-order chi connectivity index (χ1) is 9.83. The van der Waals surface area contributed by atoms with Gasteiger partial charge in [0.1, 0.15) is 0 Å². The van der Waals surface area contributed by atoms with Crippen molar-refractivity contribution in [3.8, 4) is 11.4 Å². The molecule has 20 heavy (non-hydrogen) atoms. The molecule has 1 N–H and O–H groups in total. The molecule has 102 valence electrons. The van der Waals surface area contributed by atoms with Crippen LogP contribution in [0.3, 0.4) is 0 Å². The summed E-state index contributed by atoms with van der Waals surface area (Å²) in [5.41, 5.74) is 2.06. The summed E-state index contributed by atoms with van der Waals surface area (Å²) < 4.78 is 0. The van der Waals surface area contributed by atoms with Gasteiger partial charge in [-0.2, -0.15) is 0 Å². The van der Waals surface area contributed by atoms with E-state index in [2.05, 4.69) is 15.3 Å². The van der Waals surface area contributed by atoms with Crippen LogP contribution < -0.4 is 5.32 Å². The number of hydrogen-bond acceptors (Lipinski definition) is 3. The second-order valence-corrected chi connectivity index (χ2v) is 5.10. The Morgan fingerprint density at radius 3 is 2.50 bits per heavy atom. The number of nitrogens with one attached hydrogen (secondary N) is 1. The minimum absolute atomic E-state index is 0.187. The number of nitrogens with zero attached hydrogens (tertiary/aromatic N) is 2. The molecule has 0 atom stereocenters. The fourth-order valence-electron chi connectivity index (χ4n) is 2.04. The van der Waals surface area contributed by atoms with Crippen molar-refractivity contribution in [2.24, 2.45) is 5.92 Å². The zero-order valence-electron chi connectivity index (χ0n) is 11.2. The summed E-state index contributed by atoms with van der Waals surface area (Å²) >= 11 is 0. The van der Waals surface area contributed by atoms with Gasteiger partial charge in [0.25, 0.3) is 0 Å². The van der Waals surface area contributed by atoms with Gasteiger partial charge in [0.15, 0.2) is 5.82 Å². The monoisotopic (exact) mass is 267 g/mol. The molecule has 0 spiro atoms. The Balaban J connectivity index is 1.54. The smallest absolute Gasteiger partial charge is 0.223 e. The Kier molecular flexibility index (Phi) is 3.72. The van der Waals surface area contributed by atoms with Crippen LogP contribution in [0.4, 0.5) is 0 Å². The van der Waals surface area contributed by atoms with Gasteiger partial charge in [0.2, 0.25) is 5.91 Å². The van der Waals surface area contributed by atoms with Gasteiger partial charge < -0.3 is 5.32 Å². The standard InChI is InChI=1S/C16H17N3O/c20-16(14-6-7-14)17-9-8-12-10-18-15(19-11-12)13-4-2-1-3-5-13/h1-5,10-11,14H,6-9H2,(H,17,20). The number of carbonyl (C=O) groups excluding carboxylic acids is 1. The van der Waals surface area contributed by atoms with Gasteiger partial charge in [-0.15, -0.1) is 0 Å². The van der Waals surface area contributed by atoms with Crippen LogP contribution in [0.5, 0.6) is 0 Å². The Morgan fingerprint density at radius 1 is 1.15 bits per heavy atom. The minimum Gasteiger partial charge on any atom is -0.356 e. The maximum absolute atomic E-state index is 11.5. The van der Waals surface area contributed by atoms with E-state index in [0.717, 1.165) is 36.2 Å². The van der Waals surface area contributed by atoms with Gasteiger partial charge in [0, 0.05) is 30.4 Å². The fourth-order valence-corrected chi connectivity index (χ4v) is 2.04. The quantitative estimate of drug-likeness (QED) is 0.903. The Hall–Kier alpha value is -2.23. The zero-order chi connectivity index (χ0) is 13.8. The molecule has 1 aliphatic carbocycles. The Bertz CT molecular complexity index is 576. The zero-order valence-corrected chi connectivity index (χ0v) is 11.2. The second kappa shape index (κ2) is 5.82. The van der Waals surface area contributed by atoms with Crippen LogP contribution in [0.2, 0.25) is 0 Å². The molecule has 1 fully saturated rings. The van der Waals surface area contributed by atoms with Crippen molar-refractivity contribution in [3.05, 3.63) is 48.3 Å². The highest BCUT2D eigenvalue weighted by Crippen LogP contribution is 2.28. The summed E-state index contributed by atoms with van der Waals surface area (Å²) in [4.78, 5) is 20.2. The van der Waals surface area contributed by atoms with Crippen molar-refractivity contribution in [1.82, 2.24) is 15.3 Å². The Morgan fingerprint density at radius 2 is 1.85 bits per heavy atom. The van der Waals surface area contributed by atoms with E-state index in [9.17, 15) is 4.79 Å². The lowest BCUT2D eigenvalue weighted by Gasteiger charge is -2.05. The summed E-state index contributed by atoms with van der Waals surface area (Å²) in [6.45, 7) is 0.656. The minimum atomic E-state index is 0.187. The first-order valence-electron chi connectivity index (χ1n) is 6.97. The van der Waals surface area contributed by atoms with Gasteiger partial charge in [-0.25, -0.2) is 9.97 Å². The third kappa shape index (κ3) is 3.20. The molecule has 1 aromatic carbocycles. The van der Waals surface area contributed by atoms with Crippen molar-refractivity contribution < 1.29 is 4.79 Å². The number of rotatable bonds is 5. The highest BCUT2D eigenvalue weighted by Gasteiger charge is 2.28. The van der Waals surface area contributed by atoms with E-state index in [-0.39, 0.29) is 11.8 Å². The van der Waals surface area contributed by atoms with Gasteiger partial charge >= 0.3 is 0 Å². The molecule has 1 amide bonds. The first kappa shape index (κ1) is 12.8. The van der Waals surface area contributed by atoms with Crippen LogP contribution in [0.25, 0.3) is 11.4 Å². The van der Waals surface area contributed by atoms with Crippen LogP contribution in [0.15, 0.2) is 42.7 Å². The highest BCUT2D eigenvalue weighted by molar-refractivity contribution is 5.80. The van der Waals surface area contributed by atoms with Crippen LogP contribution in [0.1, 0.15) is 18.4 Å². The van der Waals surface area contributed by atoms with Crippen LogP contribution in [0, 0.1) is 5.92 Å². The van der Waals surface area contributed by atoms with Crippen molar-refractivity contribution in [1.29, 1.82) is 0 Å². The van der Waals surface area contributed by atoms with Crippen molar-refractivity contribution >= 4 is 5.91 Å². The largest absolute Gasteiger partial charge is 0.356 e. The Labute approximate surface area is 118 Å². The van der Waals surface area contributed by atoms with Gasteiger partial charge in [0.05, 0.1) is 0 Å². The van der Waals surface area contributed by atoms with Crippen molar-refractivity contribution in [3.63, 3.8) is 0 Å². The lowest BCUT2D eigenvalue weighted by atomic mass is 10.2. The summed E-state index contributed by atoms with van der Waals surface area (Å²) in [6, 6.07) is 9.90. The molecule has 0 unspecified atom stereocenters. The summed E-state index contributed by atoms with van der Waals surface area (Å²) in [6.07, 6.45) is 6.52. The highest BCUT2D eigenvalue weighted by atomic mass is 16.2. The molecule has 0 radical (unpaired) electrons. The lowest BCUT2D eigenvalue weighted by Crippen LogP contribution is -2.26. The van der Waals surface area contributed by atoms with E-state index in [0.29, 0.717) is 6.54 Å². The molecular formula is C16H17N3O. The van der Waals surface area contributed by atoms with E-state index >= 15 is 0 Å². The predicted octanol–water partition coefficient (Wildman–Crippen LogP) is 2.21. The second-order valence-electron chi connectivity index (χ2n) is 5.10. The molecule has 1 saturated carbocycles. The number of hydrogen-bond donors (Lipinski definition) is 1. The lowest BCUT2D eigenvalue weighted by molar-refractivity contribution is -0.122. The molecular weight excluding hydrogens is 250 g/mol. The van der Waals surface area contributed by atoms with Crippen LogP contribution in [-0.2, 0) is 11.2 Å². The van der Waals surface area contributed by atoms with E-state index in [1.165, 1.54) is 0 Å². The fraction of sp³-hybridized carbons (Fsp3) is 0.312. The third-order valence-corrected chi connectivity index (χ3v) is 3.40. The molecule has 4 nitrogen and oxygen atoms in total. The maximum atomic E-state index is 11.5. The van der Waals surface area contributed by atoms with Crippen molar-refractivity contribution in [2.45, 2.75) is 19.3 Å². The van der Waals surface area contributed by atoms with E-state index in [1.807, 2.05) is 42.7 Å². The topological polar surface area (TPSA) is 54.9 Å². The molecule has 1 aromatic heterocycles. The SMILES string of the molecule is O=C(NCCc1cnc(-c2ccccc2)nc1)C1CC1. The molecule has 0 aliphatic heterocycles. The van der Waals surface area contributed by atoms with Gasteiger partial charge in [-0.1, -0.05) is 30.3 Å². The predicted molar refractivity (Wildman–Crippen MR) is 76.9 cm³/mol. The molecule has 1 aliphatic rings. The molecule has 4 heteroatoms. The molecule has 0 bridgehead atoms. The van der Waals surface area contributed by atoms with Gasteiger partial charge in [-0.3, -0.25) is 4.79 Å². The van der Waals surface area contributed by atoms with E-state index in [1.54, 1.807) is 0 Å². The van der Waals surface area contributed by atoms with E-state index in [4.69, 9.17) is 0 Å². The average molecular weight is 267 g/mol. The average Bonchev–Trinajstić information content (AvgIpc) is 3.33. The van der Waals surface area contributed by atoms with Crippen LogP contribution in [-0.4, -0.2) is 22.4 Å². The number of amides is 1. The summed E-state index contributed by atoms with van der Waals surface area (Å²) in [7, 11) is 0. The molecule has 1 heterocycles. The molecule has 2 aromatic rings. The number of aromatic nitrogens is 2. The third-order valence-electron chi connectivity index (χ3n) is 3.40. The van der Waals surface area contributed by atoms with Crippen molar-refractivity contribution in [2.75, 3.05) is 6.54 Å². The normalized spacial score (nSPS) is 14.0. The first-order valence-corrected chi connectivity index (χ1v) is 6.97. The molecule has 0 saturated heterocycles. The van der Waals surface area contributed by atoms with E-state index < -0.39 is 0 Å². The number of benzene rings is 1. The maximum Gasteiger partial charge on any atom is 0.223 e. The summed E-state index contributed by atoms with van der Waals surface area (Å²) in [5, 5.41) is 2.94. The van der Waals surface area contributed by atoms with Gasteiger partial charge in [-0.05, 0) is 24.8 Å². The summed E-state index contributed by atoms with van der Waals surface area (Å²) in [5.74, 6) is 1.19. The molecule has 3 rings (SSSR count).